The maximum atomic E-state index is 13.3. The Morgan fingerprint density at radius 1 is 1.15 bits per heavy atom. The number of rotatable bonds is 4. The molecule has 3 rings (SSSR count). The summed E-state index contributed by atoms with van der Waals surface area (Å²) in [6, 6.07) is 9.31. The summed E-state index contributed by atoms with van der Waals surface area (Å²) in [5.74, 6) is -2.36. The lowest BCUT2D eigenvalue weighted by atomic mass is 10.2. The molecular weight excluding hydrogens is 384 g/mol. The highest BCUT2D eigenvalue weighted by atomic mass is 35.5. The number of halogens is 3. The monoisotopic (exact) mass is 395 g/mol. The molecule has 8 heteroatoms. The highest BCUT2D eigenvalue weighted by Gasteiger charge is 2.24. The van der Waals surface area contributed by atoms with Gasteiger partial charge in [-0.15, -0.1) is 11.3 Å². The lowest BCUT2D eigenvalue weighted by molar-refractivity contribution is -0.123. The molecule has 1 unspecified atom stereocenters. The second-order valence-electron chi connectivity index (χ2n) is 5.43. The number of benzene rings is 2. The van der Waals surface area contributed by atoms with Gasteiger partial charge in [0.15, 0.2) is 6.10 Å². The molecule has 0 fully saturated rings. The van der Waals surface area contributed by atoms with E-state index in [1.165, 1.54) is 43.3 Å². The summed E-state index contributed by atoms with van der Waals surface area (Å²) in [4.78, 5) is 24.5. The minimum Gasteiger partial charge on any atom is -0.448 e. The molecule has 0 saturated carbocycles. The summed E-state index contributed by atoms with van der Waals surface area (Å²) in [6.45, 7) is 1.38. The van der Waals surface area contributed by atoms with Gasteiger partial charge in [0.1, 0.15) is 16.5 Å². The number of ether oxygens (including phenoxy) is 1. The quantitative estimate of drug-likeness (QED) is 0.631. The number of hydrogen-bond donors (Lipinski definition) is 1. The van der Waals surface area contributed by atoms with Gasteiger partial charge in [0.05, 0.1) is 5.02 Å². The van der Waals surface area contributed by atoms with Gasteiger partial charge in [0.2, 0.25) is 0 Å². The van der Waals surface area contributed by atoms with Crippen molar-refractivity contribution in [3.05, 3.63) is 64.0 Å². The van der Waals surface area contributed by atoms with Crippen LogP contribution in [-0.4, -0.2) is 18.0 Å². The molecule has 1 heterocycles. The van der Waals surface area contributed by atoms with Crippen LogP contribution in [0.4, 0.5) is 14.5 Å². The van der Waals surface area contributed by atoms with E-state index in [1.54, 1.807) is 0 Å². The Hall–Kier alpha value is -2.51. The van der Waals surface area contributed by atoms with Gasteiger partial charge in [0, 0.05) is 15.8 Å². The van der Waals surface area contributed by atoms with Crippen molar-refractivity contribution in [2.45, 2.75) is 13.0 Å². The van der Waals surface area contributed by atoms with Gasteiger partial charge in [-0.05, 0) is 43.3 Å². The van der Waals surface area contributed by atoms with Gasteiger partial charge in [-0.2, -0.15) is 0 Å². The molecule has 1 aromatic heterocycles. The average molecular weight is 396 g/mol. The zero-order chi connectivity index (χ0) is 18.8. The number of anilines is 1. The molecule has 0 radical (unpaired) electrons. The van der Waals surface area contributed by atoms with Crippen LogP contribution in [0.5, 0.6) is 0 Å². The largest absolute Gasteiger partial charge is 0.448 e. The number of nitrogens with one attached hydrogen (secondary N) is 1. The van der Waals surface area contributed by atoms with Crippen LogP contribution in [0.15, 0.2) is 42.5 Å². The fourth-order valence-electron chi connectivity index (χ4n) is 2.25. The summed E-state index contributed by atoms with van der Waals surface area (Å²) in [6.07, 6.45) is -1.14. The molecule has 0 aliphatic rings. The molecule has 0 aliphatic heterocycles. The van der Waals surface area contributed by atoms with Crippen molar-refractivity contribution in [3.8, 4) is 0 Å². The van der Waals surface area contributed by atoms with Crippen molar-refractivity contribution in [1.29, 1.82) is 0 Å². The standard InChI is InChI=1S/C18H12ClF2NO3S/c1-9(17(23)22-12-4-2-3-10(20)7-12)25-18(24)16-15(19)13-6-5-11(21)8-14(13)26-16/h2-9H,1H3,(H,22,23). The van der Waals surface area contributed by atoms with Crippen LogP contribution < -0.4 is 5.32 Å². The summed E-state index contributed by atoms with van der Waals surface area (Å²) in [5.41, 5.74) is 0.244. The number of esters is 1. The lowest BCUT2D eigenvalue weighted by Crippen LogP contribution is -2.29. The number of carbonyl (C=O) groups excluding carboxylic acids is 2. The van der Waals surface area contributed by atoms with Gasteiger partial charge in [-0.25, -0.2) is 13.6 Å². The van der Waals surface area contributed by atoms with Gasteiger partial charge in [-0.1, -0.05) is 17.7 Å². The van der Waals surface area contributed by atoms with Crippen molar-refractivity contribution in [2.75, 3.05) is 5.32 Å². The van der Waals surface area contributed by atoms with Crippen LogP contribution in [0.25, 0.3) is 10.1 Å². The molecule has 1 N–H and O–H groups in total. The van der Waals surface area contributed by atoms with Crippen LogP contribution in [0.2, 0.25) is 5.02 Å². The number of fused-ring (bicyclic) bond motifs is 1. The zero-order valence-corrected chi connectivity index (χ0v) is 15.0. The summed E-state index contributed by atoms with van der Waals surface area (Å²) in [5, 5.41) is 3.13. The predicted octanol–water partition coefficient (Wildman–Crippen LogP) is 5.02. The third kappa shape index (κ3) is 3.84. The van der Waals surface area contributed by atoms with Crippen molar-refractivity contribution >= 4 is 50.6 Å². The molecule has 0 spiro atoms. The highest BCUT2D eigenvalue weighted by Crippen LogP contribution is 2.36. The number of thiophene rings is 1. The Morgan fingerprint density at radius 2 is 1.88 bits per heavy atom. The van der Waals surface area contributed by atoms with Crippen molar-refractivity contribution in [2.24, 2.45) is 0 Å². The smallest absolute Gasteiger partial charge is 0.350 e. The van der Waals surface area contributed by atoms with Gasteiger partial charge < -0.3 is 10.1 Å². The molecule has 4 nitrogen and oxygen atoms in total. The Bertz CT molecular complexity index is 1010. The number of carbonyl (C=O) groups is 2. The van der Waals surface area contributed by atoms with Gasteiger partial charge in [-0.3, -0.25) is 4.79 Å². The average Bonchev–Trinajstić information content (AvgIpc) is 2.91. The SMILES string of the molecule is CC(OC(=O)c1sc2cc(F)ccc2c1Cl)C(=O)Nc1cccc(F)c1. The molecule has 0 saturated heterocycles. The van der Waals surface area contributed by atoms with Crippen LogP contribution >= 0.6 is 22.9 Å². The number of hydrogen-bond acceptors (Lipinski definition) is 4. The van der Waals surface area contributed by atoms with Gasteiger partial charge >= 0.3 is 5.97 Å². The second kappa shape index (κ2) is 7.39. The number of amides is 1. The van der Waals surface area contributed by atoms with E-state index in [0.29, 0.717) is 10.1 Å². The van der Waals surface area contributed by atoms with Crippen LogP contribution in [0.1, 0.15) is 16.6 Å². The normalized spacial score (nSPS) is 12.0. The molecule has 134 valence electrons. The van der Waals surface area contributed by atoms with E-state index in [0.717, 1.165) is 17.4 Å². The molecule has 26 heavy (non-hydrogen) atoms. The van der Waals surface area contributed by atoms with E-state index in [4.69, 9.17) is 16.3 Å². The fourth-order valence-corrected chi connectivity index (χ4v) is 3.66. The molecule has 1 atom stereocenters. The second-order valence-corrected chi connectivity index (χ2v) is 6.86. The lowest BCUT2D eigenvalue weighted by Gasteiger charge is -2.13. The molecule has 2 aromatic carbocycles. The maximum Gasteiger partial charge on any atom is 0.350 e. The summed E-state index contributed by atoms with van der Waals surface area (Å²) < 4.78 is 32.1. The van der Waals surface area contributed by atoms with Gasteiger partial charge in [0.25, 0.3) is 5.91 Å². The molecule has 0 aliphatic carbocycles. The van der Waals surface area contributed by atoms with Crippen LogP contribution in [0, 0.1) is 11.6 Å². The van der Waals surface area contributed by atoms with E-state index < -0.39 is 29.6 Å². The molecule has 1 amide bonds. The Morgan fingerprint density at radius 3 is 2.62 bits per heavy atom. The van der Waals surface area contributed by atoms with E-state index in [1.807, 2.05) is 0 Å². The van der Waals surface area contributed by atoms with Crippen molar-refractivity contribution in [1.82, 2.24) is 0 Å². The third-order valence-corrected chi connectivity index (χ3v) is 5.16. The van der Waals surface area contributed by atoms with E-state index in [-0.39, 0.29) is 15.6 Å². The summed E-state index contributed by atoms with van der Waals surface area (Å²) in [7, 11) is 0. The van der Waals surface area contributed by atoms with Crippen LogP contribution in [0.3, 0.4) is 0 Å². The molecular formula is C18H12ClF2NO3S. The van der Waals surface area contributed by atoms with E-state index in [9.17, 15) is 18.4 Å². The topological polar surface area (TPSA) is 55.4 Å². The Labute approximate surface area is 156 Å². The first kappa shape index (κ1) is 18.3. The minimum absolute atomic E-state index is 0.0812. The zero-order valence-electron chi connectivity index (χ0n) is 13.4. The van der Waals surface area contributed by atoms with E-state index in [2.05, 4.69) is 5.32 Å². The summed E-state index contributed by atoms with van der Waals surface area (Å²) >= 11 is 7.14. The third-order valence-electron chi connectivity index (χ3n) is 3.52. The van der Waals surface area contributed by atoms with Crippen LogP contribution in [-0.2, 0) is 9.53 Å². The fraction of sp³-hybridized carbons (Fsp3) is 0.111. The van der Waals surface area contributed by atoms with Crippen molar-refractivity contribution < 1.29 is 23.1 Å². The molecule has 0 bridgehead atoms. The maximum absolute atomic E-state index is 13.3. The van der Waals surface area contributed by atoms with Crippen molar-refractivity contribution in [3.63, 3.8) is 0 Å². The van der Waals surface area contributed by atoms with E-state index >= 15 is 0 Å². The molecule has 3 aromatic rings. The highest BCUT2D eigenvalue weighted by molar-refractivity contribution is 7.21. The predicted molar refractivity (Wildman–Crippen MR) is 96.7 cm³/mol. The minimum atomic E-state index is -1.14. The Kier molecular flexibility index (Phi) is 5.20. The first-order valence-corrected chi connectivity index (χ1v) is 8.69. The first-order chi connectivity index (χ1) is 12.3. The first-order valence-electron chi connectivity index (χ1n) is 7.50. The Balaban J connectivity index is 1.73.